The van der Waals surface area contributed by atoms with Crippen molar-refractivity contribution in [3.05, 3.63) is 0 Å². The first-order chi connectivity index (χ1) is 9.77. The lowest BCUT2D eigenvalue weighted by molar-refractivity contribution is 0.0552. The molecule has 0 aromatic carbocycles. The van der Waals surface area contributed by atoms with Gasteiger partial charge in [-0.15, -0.1) is 0 Å². The average molecular weight is 296 g/mol. The predicted molar refractivity (Wildman–Crippen MR) is 91.7 cm³/mol. The molecule has 2 atom stereocenters. The Morgan fingerprint density at radius 2 is 1.57 bits per heavy atom. The normalized spacial score (nSPS) is 28.4. The van der Waals surface area contributed by atoms with Gasteiger partial charge >= 0.3 is 0 Å². The number of hydrogen-bond donors (Lipinski definition) is 0. The Bertz CT molecular complexity index is 313. The van der Waals surface area contributed by atoms with E-state index in [-0.39, 0.29) is 0 Å². The Hall–Kier alpha value is -0.120. The van der Waals surface area contributed by atoms with Gasteiger partial charge in [-0.3, -0.25) is 4.90 Å². The van der Waals surface area contributed by atoms with Crippen LogP contribution in [0.15, 0.2) is 0 Å². The molecule has 0 saturated carbocycles. The molecule has 2 fully saturated rings. The maximum atomic E-state index is 2.71. The van der Waals surface area contributed by atoms with Crippen molar-refractivity contribution in [2.75, 3.05) is 45.8 Å². The van der Waals surface area contributed by atoms with Crippen molar-refractivity contribution in [3.8, 4) is 0 Å². The largest absolute Gasteiger partial charge is 0.300 e. The third kappa shape index (κ3) is 4.67. The quantitative estimate of drug-likeness (QED) is 0.789. The van der Waals surface area contributed by atoms with Crippen LogP contribution in [-0.4, -0.2) is 72.1 Å². The molecule has 0 aromatic rings. The molecule has 21 heavy (non-hydrogen) atoms. The summed E-state index contributed by atoms with van der Waals surface area (Å²) in [4.78, 5) is 8.04. The molecule has 3 nitrogen and oxygen atoms in total. The van der Waals surface area contributed by atoms with E-state index in [1.165, 1.54) is 52.2 Å². The second-order valence-electron chi connectivity index (χ2n) is 8.59. The SMILES string of the molecule is CC(C)C(C)N1CC[C@H](CN2CCN(C(C)(C)C)CC2)C1. The number of likely N-dealkylation sites (tertiary alicyclic amines) is 1. The van der Waals surface area contributed by atoms with Crippen LogP contribution in [0.2, 0.25) is 0 Å². The van der Waals surface area contributed by atoms with Crippen LogP contribution in [0, 0.1) is 11.8 Å². The standard InChI is InChI=1S/C18H37N3/c1-15(2)16(3)20-8-7-17(14-20)13-19-9-11-21(12-10-19)18(4,5)6/h15-17H,7-14H2,1-6H3/t16?,17-/m1/s1. The molecule has 0 aromatic heterocycles. The van der Waals surface area contributed by atoms with Gasteiger partial charge in [0.2, 0.25) is 0 Å². The highest BCUT2D eigenvalue weighted by Crippen LogP contribution is 2.23. The van der Waals surface area contributed by atoms with Gasteiger partial charge in [-0.25, -0.2) is 0 Å². The molecule has 0 aliphatic carbocycles. The lowest BCUT2D eigenvalue weighted by Crippen LogP contribution is -2.54. The fourth-order valence-corrected chi connectivity index (χ4v) is 3.77. The average Bonchev–Trinajstić information content (AvgIpc) is 2.85. The van der Waals surface area contributed by atoms with E-state index in [9.17, 15) is 0 Å². The molecule has 0 N–H and O–H groups in total. The maximum Gasteiger partial charge on any atom is 0.0126 e. The van der Waals surface area contributed by atoms with E-state index >= 15 is 0 Å². The Kier molecular flexibility index (Phi) is 5.72. The van der Waals surface area contributed by atoms with Crippen molar-refractivity contribution >= 4 is 0 Å². The van der Waals surface area contributed by atoms with E-state index in [0.717, 1.165) is 17.9 Å². The van der Waals surface area contributed by atoms with E-state index < -0.39 is 0 Å². The first-order valence-electron chi connectivity index (χ1n) is 8.99. The van der Waals surface area contributed by atoms with Crippen molar-refractivity contribution in [3.63, 3.8) is 0 Å². The van der Waals surface area contributed by atoms with Crippen molar-refractivity contribution in [2.24, 2.45) is 11.8 Å². The van der Waals surface area contributed by atoms with Crippen LogP contribution in [0.3, 0.4) is 0 Å². The molecule has 1 unspecified atom stereocenters. The molecule has 2 saturated heterocycles. The number of piperazine rings is 1. The molecule has 2 aliphatic heterocycles. The van der Waals surface area contributed by atoms with Crippen molar-refractivity contribution in [2.45, 2.75) is 59.5 Å². The molecule has 2 aliphatic rings. The van der Waals surface area contributed by atoms with Crippen LogP contribution in [0.4, 0.5) is 0 Å². The summed E-state index contributed by atoms with van der Waals surface area (Å²) in [6.07, 6.45) is 1.40. The second kappa shape index (κ2) is 6.97. The number of hydrogen-bond acceptors (Lipinski definition) is 3. The van der Waals surface area contributed by atoms with Gasteiger partial charge in [0.1, 0.15) is 0 Å². The summed E-state index contributed by atoms with van der Waals surface area (Å²) in [6, 6.07) is 0.743. The molecule has 0 spiro atoms. The summed E-state index contributed by atoms with van der Waals surface area (Å²) in [7, 11) is 0. The Labute approximate surface area is 132 Å². The van der Waals surface area contributed by atoms with Gasteiger partial charge < -0.3 is 9.80 Å². The highest BCUT2D eigenvalue weighted by Gasteiger charge is 2.31. The van der Waals surface area contributed by atoms with Gasteiger partial charge in [0.05, 0.1) is 0 Å². The topological polar surface area (TPSA) is 9.72 Å². The fourth-order valence-electron chi connectivity index (χ4n) is 3.77. The van der Waals surface area contributed by atoms with Gasteiger partial charge in [0, 0.05) is 50.8 Å². The summed E-state index contributed by atoms with van der Waals surface area (Å²) in [5, 5.41) is 0. The highest BCUT2D eigenvalue weighted by molar-refractivity contribution is 4.86. The van der Waals surface area contributed by atoms with Crippen LogP contribution < -0.4 is 0 Å². The molecule has 2 rings (SSSR count). The van der Waals surface area contributed by atoms with Crippen LogP contribution in [0.5, 0.6) is 0 Å². The molecule has 124 valence electrons. The zero-order valence-corrected chi connectivity index (χ0v) is 15.2. The zero-order valence-electron chi connectivity index (χ0n) is 15.2. The van der Waals surface area contributed by atoms with Crippen LogP contribution in [0.25, 0.3) is 0 Å². The molecule has 0 radical (unpaired) electrons. The minimum Gasteiger partial charge on any atom is -0.300 e. The maximum absolute atomic E-state index is 2.71. The van der Waals surface area contributed by atoms with Gasteiger partial charge in [-0.1, -0.05) is 13.8 Å². The lowest BCUT2D eigenvalue weighted by Gasteiger charge is -2.42. The van der Waals surface area contributed by atoms with Crippen molar-refractivity contribution < 1.29 is 0 Å². The summed E-state index contributed by atoms with van der Waals surface area (Å²) in [6.45, 7) is 23.1. The molecule has 0 amide bonds. The third-order valence-corrected chi connectivity index (χ3v) is 5.70. The summed E-state index contributed by atoms with van der Waals surface area (Å²) in [5.41, 5.74) is 0.336. The molecule has 0 bridgehead atoms. The van der Waals surface area contributed by atoms with Crippen molar-refractivity contribution in [1.82, 2.24) is 14.7 Å². The molecule has 2 heterocycles. The first-order valence-corrected chi connectivity index (χ1v) is 8.99. The van der Waals surface area contributed by atoms with Gasteiger partial charge in [-0.05, 0) is 52.5 Å². The van der Waals surface area contributed by atoms with Gasteiger partial charge in [0.15, 0.2) is 0 Å². The lowest BCUT2D eigenvalue weighted by atomic mass is 10.0. The Balaban J connectivity index is 1.73. The summed E-state index contributed by atoms with van der Waals surface area (Å²) >= 11 is 0. The minimum atomic E-state index is 0.336. The van der Waals surface area contributed by atoms with E-state index in [0.29, 0.717) is 5.54 Å². The summed E-state index contributed by atoms with van der Waals surface area (Å²) in [5.74, 6) is 1.67. The second-order valence-corrected chi connectivity index (χ2v) is 8.59. The van der Waals surface area contributed by atoms with Gasteiger partial charge in [-0.2, -0.15) is 0 Å². The van der Waals surface area contributed by atoms with Crippen LogP contribution >= 0.6 is 0 Å². The molecular formula is C18H37N3. The smallest absolute Gasteiger partial charge is 0.0126 e. The predicted octanol–water partition coefficient (Wildman–Crippen LogP) is 2.77. The monoisotopic (exact) mass is 295 g/mol. The van der Waals surface area contributed by atoms with E-state index in [2.05, 4.69) is 56.2 Å². The first kappa shape index (κ1) is 17.2. The zero-order chi connectivity index (χ0) is 15.6. The minimum absolute atomic E-state index is 0.336. The highest BCUT2D eigenvalue weighted by atomic mass is 15.3. The fraction of sp³-hybridized carbons (Fsp3) is 1.00. The van der Waals surface area contributed by atoms with E-state index in [1.807, 2.05) is 0 Å². The van der Waals surface area contributed by atoms with E-state index in [4.69, 9.17) is 0 Å². The molecular weight excluding hydrogens is 258 g/mol. The number of nitrogens with zero attached hydrogens (tertiary/aromatic N) is 3. The number of rotatable bonds is 4. The third-order valence-electron chi connectivity index (χ3n) is 5.70. The van der Waals surface area contributed by atoms with Crippen molar-refractivity contribution in [1.29, 1.82) is 0 Å². The van der Waals surface area contributed by atoms with Crippen LogP contribution in [-0.2, 0) is 0 Å². The van der Waals surface area contributed by atoms with Crippen LogP contribution in [0.1, 0.15) is 48.0 Å². The van der Waals surface area contributed by atoms with Gasteiger partial charge in [0.25, 0.3) is 0 Å². The molecule has 3 heteroatoms. The Morgan fingerprint density at radius 3 is 2.10 bits per heavy atom. The summed E-state index contributed by atoms with van der Waals surface area (Å²) < 4.78 is 0. The van der Waals surface area contributed by atoms with E-state index in [1.54, 1.807) is 0 Å². The Morgan fingerprint density at radius 1 is 0.952 bits per heavy atom.